The lowest BCUT2D eigenvalue weighted by Crippen LogP contribution is -2.35. The number of rotatable bonds is 5. The molecule has 0 aliphatic carbocycles. The molecule has 120 valence electrons. The number of nitrogens with zero attached hydrogens (tertiary/aromatic N) is 1. The highest BCUT2D eigenvalue weighted by Crippen LogP contribution is 2.27. The van der Waals surface area contributed by atoms with Crippen LogP contribution in [-0.4, -0.2) is 50.0 Å². The highest BCUT2D eigenvalue weighted by atomic mass is 35.5. The van der Waals surface area contributed by atoms with E-state index in [0.717, 1.165) is 5.69 Å². The summed E-state index contributed by atoms with van der Waals surface area (Å²) in [7, 11) is 1.58. The van der Waals surface area contributed by atoms with Gasteiger partial charge in [-0.3, -0.25) is 9.59 Å². The SMILES string of the molecule is COc1ccc(Cl)cc1NCCC(=O)N1CCNC(=O)CC1. The minimum absolute atomic E-state index is 0.00270. The quantitative estimate of drug-likeness (QED) is 0.860. The monoisotopic (exact) mass is 325 g/mol. The van der Waals surface area contributed by atoms with Crippen molar-refractivity contribution in [1.82, 2.24) is 10.2 Å². The highest BCUT2D eigenvalue weighted by molar-refractivity contribution is 6.30. The van der Waals surface area contributed by atoms with Crippen LogP contribution in [0, 0.1) is 0 Å². The van der Waals surface area contributed by atoms with Gasteiger partial charge in [0.25, 0.3) is 0 Å². The Labute approximate surface area is 134 Å². The van der Waals surface area contributed by atoms with Crippen molar-refractivity contribution in [2.75, 3.05) is 38.6 Å². The molecule has 22 heavy (non-hydrogen) atoms. The lowest BCUT2D eigenvalue weighted by molar-refractivity contribution is -0.130. The molecular weight excluding hydrogens is 306 g/mol. The smallest absolute Gasteiger partial charge is 0.224 e. The van der Waals surface area contributed by atoms with Crippen molar-refractivity contribution >= 4 is 29.1 Å². The van der Waals surface area contributed by atoms with Gasteiger partial charge in [0.05, 0.1) is 12.8 Å². The number of benzene rings is 1. The van der Waals surface area contributed by atoms with Crippen molar-refractivity contribution in [3.8, 4) is 5.75 Å². The van der Waals surface area contributed by atoms with Gasteiger partial charge in [-0.1, -0.05) is 11.6 Å². The highest BCUT2D eigenvalue weighted by Gasteiger charge is 2.17. The molecule has 0 spiro atoms. The zero-order chi connectivity index (χ0) is 15.9. The standard InChI is InChI=1S/C15H20ClN3O3/c1-22-13-3-2-11(16)10-12(13)17-6-4-15(21)19-8-5-14(20)18-7-9-19/h2-3,10,17H,4-9H2,1H3,(H,18,20). The van der Waals surface area contributed by atoms with Gasteiger partial charge in [0, 0.05) is 44.0 Å². The summed E-state index contributed by atoms with van der Waals surface area (Å²) in [6, 6.07) is 5.29. The summed E-state index contributed by atoms with van der Waals surface area (Å²) < 4.78 is 5.24. The average molecular weight is 326 g/mol. The first-order valence-corrected chi connectivity index (χ1v) is 7.60. The predicted molar refractivity (Wildman–Crippen MR) is 85.3 cm³/mol. The Morgan fingerprint density at radius 3 is 3.05 bits per heavy atom. The normalized spacial score (nSPS) is 15.0. The fraction of sp³-hybridized carbons (Fsp3) is 0.467. The number of ether oxygens (including phenoxy) is 1. The van der Waals surface area contributed by atoms with Crippen molar-refractivity contribution in [3.63, 3.8) is 0 Å². The summed E-state index contributed by atoms with van der Waals surface area (Å²) in [5.41, 5.74) is 0.760. The third-order valence-electron chi connectivity index (χ3n) is 3.48. The maximum Gasteiger partial charge on any atom is 0.224 e. The van der Waals surface area contributed by atoms with Crippen LogP contribution in [0.3, 0.4) is 0 Å². The van der Waals surface area contributed by atoms with Crippen LogP contribution >= 0.6 is 11.6 Å². The number of hydrogen-bond acceptors (Lipinski definition) is 4. The molecule has 1 heterocycles. The van der Waals surface area contributed by atoms with Crippen LogP contribution in [0.1, 0.15) is 12.8 Å². The molecule has 7 heteroatoms. The van der Waals surface area contributed by atoms with Gasteiger partial charge in [-0.05, 0) is 18.2 Å². The maximum atomic E-state index is 12.2. The first kappa shape index (κ1) is 16.4. The van der Waals surface area contributed by atoms with Gasteiger partial charge in [-0.15, -0.1) is 0 Å². The van der Waals surface area contributed by atoms with E-state index in [1.54, 1.807) is 30.2 Å². The van der Waals surface area contributed by atoms with Crippen molar-refractivity contribution in [3.05, 3.63) is 23.2 Å². The molecule has 0 aromatic heterocycles. The summed E-state index contributed by atoms with van der Waals surface area (Å²) in [5.74, 6) is 0.712. The minimum atomic E-state index is -0.00270. The lowest BCUT2D eigenvalue weighted by Gasteiger charge is -2.20. The molecule has 1 fully saturated rings. The molecule has 0 atom stereocenters. The third-order valence-corrected chi connectivity index (χ3v) is 3.72. The molecule has 1 aliphatic rings. The van der Waals surface area contributed by atoms with Gasteiger partial charge in [0.2, 0.25) is 11.8 Å². The van der Waals surface area contributed by atoms with E-state index in [0.29, 0.717) is 49.8 Å². The van der Waals surface area contributed by atoms with E-state index in [1.165, 1.54) is 0 Å². The van der Waals surface area contributed by atoms with Gasteiger partial charge in [0.15, 0.2) is 0 Å². The number of carbonyl (C=O) groups excluding carboxylic acids is 2. The Balaban J connectivity index is 1.84. The molecule has 2 amide bonds. The number of hydrogen-bond donors (Lipinski definition) is 2. The van der Waals surface area contributed by atoms with Crippen LogP contribution in [-0.2, 0) is 9.59 Å². The second-order valence-electron chi connectivity index (χ2n) is 5.00. The maximum absolute atomic E-state index is 12.2. The van der Waals surface area contributed by atoms with Crippen molar-refractivity contribution in [2.24, 2.45) is 0 Å². The summed E-state index contributed by atoms with van der Waals surface area (Å²) in [6.45, 7) is 2.03. The molecule has 6 nitrogen and oxygen atoms in total. The molecule has 0 radical (unpaired) electrons. The van der Waals surface area contributed by atoms with Crippen LogP contribution in [0.15, 0.2) is 18.2 Å². The summed E-state index contributed by atoms with van der Waals surface area (Å²) in [5, 5.41) is 6.52. The minimum Gasteiger partial charge on any atom is -0.495 e. The lowest BCUT2D eigenvalue weighted by atomic mass is 10.2. The fourth-order valence-electron chi connectivity index (χ4n) is 2.30. The van der Waals surface area contributed by atoms with E-state index in [9.17, 15) is 9.59 Å². The number of nitrogens with one attached hydrogen (secondary N) is 2. The van der Waals surface area contributed by atoms with Crippen LogP contribution in [0.4, 0.5) is 5.69 Å². The second-order valence-corrected chi connectivity index (χ2v) is 5.44. The van der Waals surface area contributed by atoms with E-state index < -0.39 is 0 Å². The van der Waals surface area contributed by atoms with E-state index >= 15 is 0 Å². The van der Waals surface area contributed by atoms with Gasteiger partial charge in [0.1, 0.15) is 5.75 Å². The summed E-state index contributed by atoms with van der Waals surface area (Å²) in [6.07, 6.45) is 0.713. The summed E-state index contributed by atoms with van der Waals surface area (Å²) >= 11 is 5.96. The predicted octanol–water partition coefficient (Wildman–Crippen LogP) is 1.50. The zero-order valence-electron chi connectivity index (χ0n) is 12.5. The Morgan fingerprint density at radius 1 is 1.45 bits per heavy atom. The Bertz CT molecular complexity index is 551. The average Bonchev–Trinajstić information content (AvgIpc) is 2.72. The van der Waals surface area contributed by atoms with E-state index in [-0.39, 0.29) is 11.8 Å². The first-order chi connectivity index (χ1) is 10.6. The van der Waals surface area contributed by atoms with Crippen molar-refractivity contribution in [2.45, 2.75) is 12.8 Å². The number of halogens is 1. The molecule has 0 saturated carbocycles. The second kappa shape index (κ2) is 7.89. The van der Waals surface area contributed by atoms with Crippen molar-refractivity contribution in [1.29, 1.82) is 0 Å². The molecule has 1 aromatic carbocycles. The molecule has 0 bridgehead atoms. The number of carbonyl (C=O) groups is 2. The van der Waals surface area contributed by atoms with E-state index in [1.807, 2.05) is 0 Å². The van der Waals surface area contributed by atoms with Crippen LogP contribution < -0.4 is 15.4 Å². The number of anilines is 1. The number of amides is 2. The van der Waals surface area contributed by atoms with Gasteiger partial charge in [-0.2, -0.15) is 0 Å². The van der Waals surface area contributed by atoms with E-state index in [4.69, 9.17) is 16.3 Å². The topological polar surface area (TPSA) is 70.7 Å². The molecule has 2 N–H and O–H groups in total. The van der Waals surface area contributed by atoms with Gasteiger partial charge < -0.3 is 20.3 Å². The van der Waals surface area contributed by atoms with E-state index in [2.05, 4.69) is 10.6 Å². The Kier molecular flexibility index (Phi) is 5.89. The molecular formula is C15H20ClN3O3. The van der Waals surface area contributed by atoms with Gasteiger partial charge >= 0.3 is 0 Å². The molecule has 0 unspecified atom stereocenters. The molecule has 1 saturated heterocycles. The van der Waals surface area contributed by atoms with Crippen LogP contribution in [0.5, 0.6) is 5.75 Å². The third kappa shape index (κ3) is 4.53. The number of methoxy groups -OCH3 is 1. The first-order valence-electron chi connectivity index (χ1n) is 7.22. The fourth-order valence-corrected chi connectivity index (χ4v) is 2.47. The van der Waals surface area contributed by atoms with Crippen LogP contribution in [0.25, 0.3) is 0 Å². The Hall–Kier alpha value is -1.95. The largest absolute Gasteiger partial charge is 0.495 e. The van der Waals surface area contributed by atoms with Crippen molar-refractivity contribution < 1.29 is 14.3 Å². The zero-order valence-corrected chi connectivity index (χ0v) is 13.3. The molecule has 2 rings (SSSR count). The summed E-state index contributed by atoms with van der Waals surface area (Å²) in [4.78, 5) is 25.1. The van der Waals surface area contributed by atoms with Crippen LogP contribution in [0.2, 0.25) is 5.02 Å². The molecule has 1 aromatic rings. The Morgan fingerprint density at radius 2 is 2.27 bits per heavy atom. The molecule has 1 aliphatic heterocycles. The van der Waals surface area contributed by atoms with Gasteiger partial charge in [-0.25, -0.2) is 0 Å².